The van der Waals surface area contributed by atoms with Crippen LogP contribution in [0.25, 0.3) is 0 Å². The molecule has 0 amide bonds. The van der Waals surface area contributed by atoms with E-state index < -0.39 is 0 Å². The van der Waals surface area contributed by atoms with E-state index in [2.05, 4.69) is 47.0 Å². The van der Waals surface area contributed by atoms with Crippen LogP contribution in [-0.4, -0.2) is 57.4 Å². The summed E-state index contributed by atoms with van der Waals surface area (Å²) in [4.78, 5) is 4.35. The maximum atomic E-state index is 5.50. The molecule has 1 fully saturated rings. The molecule has 0 aliphatic carbocycles. The van der Waals surface area contributed by atoms with Crippen LogP contribution in [0.4, 0.5) is 0 Å². The summed E-state index contributed by atoms with van der Waals surface area (Å²) in [6, 6.07) is 6.37. The van der Waals surface area contributed by atoms with Gasteiger partial charge in [-0.05, 0) is 49.6 Å². The van der Waals surface area contributed by atoms with Crippen molar-refractivity contribution in [2.24, 2.45) is 4.99 Å². The van der Waals surface area contributed by atoms with Crippen LogP contribution >= 0.6 is 35.7 Å². The number of benzene rings is 1. The van der Waals surface area contributed by atoms with Gasteiger partial charge in [-0.1, -0.05) is 12.1 Å². The van der Waals surface area contributed by atoms with Gasteiger partial charge in [0.25, 0.3) is 0 Å². The SMILES string of the molecule is CN=C(NCCc1ccc(C)c(OC)c1)NCC1(SC)CCOCC1.I. The molecule has 0 aromatic heterocycles. The van der Waals surface area contributed by atoms with E-state index in [-0.39, 0.29) is 28.7 Å². The summed E-state index contributed by atoms with van der Waals surface area (Å²) in [6.45, 7) is 5.51. The number of ether oxygens (including phenoxy) is 2. The second-order valence-corrected chi connectivity index (χ2v) is 7.68. The Kier molecular flexibility index (Phi) is 10.7. The maximum absolute atomic E-state index is 5.50. The number of methoxy groups -OCH3 is 1. The zero-order valence-corrected chi connectivity index (χ0v) is 19.4. The summed E-state index contributed by atoms with van der Waals surface area (Å²) >= 11 is 1.93. The summed E-state index contributed by atoms with van der Waals surface area (Å²) in [5.74, 6) is 1.81. The van der Waals surface area contributed by atoms with Crippen LogP contribution in [0.5, 0.6) is 5.75 Å². The standard InChI is InChI=1S/C19H31N3O2S.HI/c1-15-5-6-16(13-17(15)23-3)7-10-21-18(20-2)22-14-19(25-4)8-11-24-12-9-19;/h5-6,13H,7-12,14H2,1-4H3,(H2,20,21,22);1H. The number of nitrogens with zero attached hydrogens (tertiary/aromatic N) is 1. The number of guanidine groups is 1. The van der Waals surface area contributed by atoms with E-state index in [9.17, 15) is 0 Å². The molecule has 0 unspecified atom stereocenters. The molecule has 0 atom stereocenters. The highest BCUT2D eigenvalue weighted by atomic mass is 127. The highest BCUT2D eigenvalue weighted by molar-refractivity contribution is 14.0. The van der Waals surface area contributed by atoms with Crippen molar-refractivity contribution in [3.8, 4) is 5.75 Å². The van der Waals surface area contributed by atoms with Gasteiger partial charge in [0.2, 0.25) is 0 Å². The van der Waals surface area contributed by atoms with Crippen molar-refractivity contribution in [3.05, 3.63) is 29.3 Å². The number of hydrogen-bond donors (Lipinski definition) is 2. The van der Waals surface area contributed by atoms with Crippen LogP contribution in [0.1, 0.15) is 24.0 Å². The fraction of sp³-hybridized carbons (Fsp3) is 0.632. The average molecular weight is 493 g/mol. The van der Waals surface area contributed by atoms with E-state index in [1.807, 2.05) is 18.8 Å². The summed E-state index contributed by atoms with van der Waals surface area (Å²) in [5.41, 5.74) is 2.42. The zero-order valence-electron chi connectivity index (χ0n) is 16.3. The minimum absolute atomic E-state index is 0. The second kappa shape index (κ2) is 11.9. The predicted octanol–water partition coefficient (Wildman–Crippen LogP) is 3.24. The van der Waals surface area contributed by atoms with Crippen molar-refractivity contribution in [2.45, 2.75) is 30.9 Å². The quantitative estimate of drug-likeness (QED) is 0.347. The number of thioether (sulfide) groups is 1. The third-order valence-corrected chi connectivity index (χ3v) is 6.24. The molecule has 0 bridgehead atoms. The van der Waals surface area contributed by atoms with Crippen LogP contribution < -0.4 is 15.4 Å². The summed E-state index contributed by atoms with van der Waals surface area (Å²) in [6.07, 6.45) is 5.29. The lowest BCUT2D eigenvalue weighted by Gasteiger charge is -2.36. The van der Waals surface area contributed by atoms with Gasteiger partial charge in [-0.2, -0.15) is 11.8 Å². The molecule has 0 spiro atoms. The Morgan fingerprint density at radius 2 is 2.04 bits per heavy atom. The molecule has 0 saturated carbocycles. The molecule has 2 rings (SSSR count). The molecule has 7 heteroatoms. The number of rotatable bonds is 7. The first-order valence-electron chi connectivity index (χ1n) is 8.83. The molecule has 1 aliphatic rings. The monoisotopic (exact) mass is 493 g/mol. The van der Waals surface area contributed by atoms with Gasteiger partial charge >= 0.3 is 0 Å². The Balaban J connectivity index is 0.00000338. The molecule has 1 aliphatic heterocycles. The van der Waals surface area contributed by atoms with E-state index >= 15 is 0 Å². The smallest absolute Gasteiger partial charge is 0.191 e. The summed E-state index contributed by atoms with van der Waals surface area (Å²) in [7, 11) is 3.54. The maximum Gasteiger partial charge on any atom is 0.191 e. The normalized spacial score (nSPS) is 16.5. The molecule has 26 heavy (non-hydrogen) atoms. The molecule has 1 heterocycles. The second-order valence-electron chi connectivity index (χ2n) is 6.41. The lowest BCUT2D eigenvalue weighted by atomic mass is 9.99. The van der Waals surface area contributed by atoms with Gasteiger partial charge in [-0.15, -0.1) is 24.0 Å². The Hall–Kier alpha value is -0.670. The number of hydrogen-bond acceptors (Lipinski definition) is 4. The van der Waals surface area contributed by atoms with Crippen molar-refractivity contribution < 1.29 is 9.47 Å². The Morgan fingerprint density at radius 3 is 2.65 bits per heavy atom. The van der Waals surface area contributed by atoms with Gasteiger partial charge in [0.05, 0.1) is 7.11 Å². The fourth-order valence-corrected chi connectivity index (χ4v) is 3.80. The molecule has 148 valence electrons. The Bertz CT molecular complexity index is 578. The number of nitrogens with one attached hydrogen (secondary N) is 2. The molecule has 5 nitrogen and oxygen atoms in total. The van der Waals surface area contributed by atoms with E-state index in [4.69, 9.17) is 9.47 Å². The van der Waals surface area contributed by atoms with Gasteiger partial charge in [0.1, 0.15) is 5.75 Å². The van der Waals surface area contributed by atoms with Gasteiger partial charge < -0.3 is 20.1 Å². The highest BCUT2D eigenvalue weighted by Gasteiger charge is 2.31. The third kappa shape index (κ3) is 6.81. The molecular formula is C19H32IN3O2S. The minimum Gasteiger partial charge on any atom is -0.496 e. The van der Waals surface area contributed by atoms with Crippen molar-refractivity contribution in [2.75, 3.05) is 46.7 Å². The van der Waals surface area contributed by atoms with Crippen LogP contribution in [0, 0.1) is 6.92 Å². The van der Waals surface area contributed by atoms with Crippen LogP contribution in [0.2, 0.25) is 0 Å². The van der Waals surface area contributed by atoms with Gasteiger partial charge in [0.15, 0.2) is 5.96 Å². The average Bonchev–Trinajstić information content (AvgIpc) is 2.66. The summed E-state index contributed by atoms with van der Waals surface area (Å²) in [5, 5.41) is 6.90. The molecule has 1 aromatic rings. The van der Waals surface area contributed by atoms with Crippen molar-refractivity contribution in [1.29, 1.82) is 0 Å². The topological polar surface area (TPSA) is 54.9 Å². The predicted molar refractivity (Wildman–Crippen MR) is 123 cm³/mol. The van der Waals surface area contributed by atoms with Gasteiger partial charge in [-0.3, -0.25) is 4.99 Å². The van der Waals surface area contributed by atoms with Crippen LogP contribution in [-0.2, 0) is 11.2 Å². The van der Waals surface area contributed by atoms with Crippen molar-refractivity contribution in [3.63, 3.8) is 0 Å². The Labute approximate surface area is 179 Å². The van der Waals surface area contributed by atoms with Gasteiger partial charge in [-0.25, -0.2) is 0 Å². The van der Waals surface area contributed by atoms with E-state index in [0.717, 1.165) is 62.8 Å². The first-order valence-corrected chi connectivity index (χ1v) is 10.1. The zero-order chi connectivity index (χ0) is 18.1. The van der Waals surface area contributed by atoms with Crippen LogP contribution in [0.3, 0.4) is 0 Å². The summed E-state index contributed by atoms with van der Waals surface area (Å²) < 4.78 is 11.1. The third-order valence-electron chi connectivity index (χ3n) is 4.82. The van der Waals surface area contributed by atoms with Crippen molar-refractivity contribution >= 4 is 41.7 Å². The molecule has 2 N–H and O–H groups in total. The fourth-order valence-electron chi connectivity index (χ4n) is 3.01. The molecule has 1 saturated heterocycles. The first kappa shape index (κ1) is 23.4. The highest BCUT2D eigenvalue weighted by Crippen LogP contribution is 2.32. The van der Waals surface area contributed by atoms with Crippen LogP contribution in [0.15, 0.2) is 23.2 Å². The number of aryl methyl sites for hydroxylation is 1. The lowest BCUT2D eigenvalue weighted by molar-refractivity contribution is 0.0783. The number of aliphatic imine (C=N–C) groups is 1. The molecule has 1 aromatic carbocycles. The van der Waals surface area contributed by atoms with E-state index in [1.165, 1.54) is 5.56 Å². The largest absolute Gasteiger partial charge is 0.496 e. The number of halogens is 1. The van der Waals surface area contributed by atoms with E-state index in [1.54, 1.807) is 7.11 Å². The molecular weight excluding hydrogens is 461 g/mol. The molecule has 0 radical (unpaired) electrons. The lowest BCUT2D eigenvalue weighted by Crippen LogP contribution is -2.48. The van der Waals surface area contributed by atoms with E-state index in [0.29, 0.717) is 0 Å². The first-order chi connectivity index (χ1) is 12.1. The Morgan fingerprint density at radius 1 is 1.31 bits per heavy atom. The minimum atomic E-state index is 0. The van der Waals surface area contributed by atoms with Gasteiger partial charge in [0, 0.05) is 38.1 Å². The van der Waals surface area contributed by atoms with Crippen molar-refractivity contribution in [1.82, 2.24) is 10.6 Å².